The summed E-state index contributed by atoms with van der Waals surface area (Å²) in [6.07, 6.45) is 4.07. The molecule has 0 heterocycles. The topological polar surface area (TPSA) is 26.0 Å². The lowest BCUT2D eigenvalue weighted by molar-refractivity contribution is 0.534. The number of halogens is 1. The first-order valence-corrected chi connectivity index (χ1v) is 5.68. The van der Waals surface area contributed by atoms with E-state index in [-0.39, 0.29) is 11.4 Å². The van der Waals surface area contributed by atoms with Crippen LogP contribution >= 0.6 is 0 Å². The minimum absolute atomic E-state index is 0.121. The van der Waals surface area contributed by atoms with Gasteiger partial charge in [0.05, 0.1) is 0 Å². The van der Waals surface area contributed by atoms with E-state index in [1.807, 2.05) is 12.1 Å². The second-order valence-electron chi connectivity index (χ2n) is 4.69. The summed E-state index contributed by atoms with van der Waals surface area (Å²) in [6, 6.07) is 6.94. The highest BCUT2D eigenvalue weighted by atomic mass is 19.1. The van der Waals surface area contributed by atoms with E-state index in [1.54, 1.807) is 6.07 Å². The molecule has 1 nitrogen and oxygen atoms in total. The molecule has 2 unspecified atom stereocenters. The van der Waals surface area contributed by atoms with Gasteiger partial charge in [0.25, 0.3) is 0 Å². The SMILES string of the molecule is CCCC1CC1(N)Cc1ccccc1F. The van der Waals surface area contributed by atoms with Crippen LogP contribution in [-0.4, -0.2) is 5.54 Å². The molecule has 1 aliphatic carbocycles. The summed E-state index contributed by atoms with van der Waals surface area (Å²) < 4.78 is 13.4. The lowest BCUT2D eigenvalue weighted by Gasteiger charge is -2.11. The second kappa shape index (κ2) is 3.93. The van der Waals surface area contributed by atoms with E-state index in [0.717, 1.165) is 12.0 Å². The standard InChI is InChI=1S/C13H18FN/c1-2-5-11-9-13(11,15)8-10-6-3-4-7-12(10)14/h3-4,6-7,11H,2,5,8-9,15H2,1H3. The van der Waals surface area contributed by atoms with Crippen molar-refractivity contribution in [2.24, 2.45) is 11.7 Å². The predicted molar refractivity (Wildman–Crippen MR) is 60.0 cm³/mol. The second-order valence-corrected chi connectivity index (χ2v) is 4.69. The van der Waals surface area contributed by atoms with Gasteiger partial charge >= 0.3 is 0 Å². The molecule has 0 spiro atoms. The molecule has 0 aliphatic heterocycles. The Morgan fingerprint density at radius 1 is 1.47 bits per heavy atom. The third kappa shape index (κ3) is 2.20. The van der Waals surface area contributed by atoms with Gasteiger partial charge < -0.3 is 5.73 Å². The molecule has 2 atom stereocenters. The molecule has 0 saturated heterocycles. The number of hydrogen-bond donors (Lipinski definition) is 1. The van der Waals surface area contributed by atoms with E-state index in [4.69, 9.17) is 5.73 Å². The van der Waals surface area contributed by atoms with Gasteiger partial charge in [0.2, 0.25) is 0 Å². The highest BCUT2D eigenvalue weighted by molar-refractivity contribution is 5.24. The third-order valence-corrected chi connectivity index (χ3v) is 3.39. The highest BCUT2D eigenvalue weighted by Crippen LogP contribution is 2.46. The molecule has 0 amide bonds. The van der Waals surface area contributed by atoms with Gasteiger partial charge in [-0.2, -0.15) is 0 Å². The van der Waals surface area contributed by atoms with Gasteiger partial charge in [0, 0.05) is 5.54 Å². The van der Waals surface area contributed by atoms with Crippen LogP contribution in [-0.2, 0) is 6.42 Å². The normalized spacial score (nSPS) is 29.1. The molecule has 1 saturated carbocycles. The average molecular weight is 207 g/mol. The summed E-state index contributed by atoms with van der Waals surface area (Å²) in [5.74, 6) is 0.478. The largest absolute Gasteiger partial charge is 0.325 e. The first kappa shape index (κ1) is 10.6. The number of nitrogens with two attached hydrogens (primary N) is 1. The number of rotatable bonds is 4. The zero-order valence-corrected chi connectivity index (χ0v) is 9.17. The van der Waals surface area contributed by atoms with E-state index >= 15 is 0 Å². The van der Waals surface area contributed by atoms with Gasteiger partial charge in [-0.1, -0.05) is 31.5 Å². The molecule has 1 aromatic carbocycles. The Hall–Kier alpha value is -0.890. The summed E-state index contributed by atoms with van der Waals surface area (Å²) in [7, 11) is 0. The minimum atomic E-state index is -0.127. The minimum Gasteiger partial charge on any atom is -0.325 e. The molecule has 2 N–H and O–H groups in total. The van der Waals surface area contributed by atoms with Gasteiger partial charge in [-0.05, 0) is 36.8 Å². The summed E-state index contributed by atoms with van der Waals surface area (Å²) in [6.45, 7) is 2.17. The first-order chi connectivity index (χ1) is 7.15. The molecule has 0 radical (unpaired) electrons. The van der Waals surface area contributed by atoms with Crippen molar-refractivity contribution in [2.75, 3.05) is 0 Å². The fourth-order valence-corrected chi connectivity index (χ4v) is 2.35. The first-order valence-electron chi connectivity index (χ1n) is 5.68. The van der Waals surface area contributed by atoms with Crippen LogP contribution in [0.2, 0.25) is 0 Å². The maximum atomic E-state index is 13.4. The van der Waals surface area contributed by atoms with Crippen molar-refractivity contribution < 1.29 is 4.39 Å². The van der Waals surface area contributed by atoms with Crippen LogP contribution in [0.25, 0.3) is 0 Å². The van der Waals surface area contributed by atoms with Gasteiger partial charge in [0.15, 0.2) is 0 Å². The highest BCUT2D eigenvalue weighted by Gasteiger charge is 2.49. The van der Waals surface area contributed by atoms with Crippen molar-refractivity contribution >= 4 is 0 Å². The molecular weight excluding hydrogens is 189 g/mol. The van der Waals surface area contributed by atoms with Crippen molar-refractivity contribution in [3.63, 3.8) is 0 Å². The Bertz CT molecular complexity index is 350. The molecule has 15 heavy (non-hydrogen) atoms. The average Bonchev–Trinajstić information content (AvgIpc) is 2.82. The summed E-state index contributed by atoms with van der Waals surface area (Å²) in [4.78, 5) is 0. The van der Waals surface area contributed by atoms with E-state index < -0.39 is 0 Å². The quantitative estimate of drug-likeness (QED) is 0.807. The molecule has 0 bridgehead atoms. The van der Waals surface area contributed by atoms with Crippen LogP contribution in [0.4, 0.5) is 4.39 Å². The fourth-order valence-electron chi connectivity index (χ4n) is 2.35. The molecule has 1 fully saturated rings. The summed E-state index contributed by atoms with van der Waals surface area (Å²) in [5.41, 5.74) is 6.85. The summed E-state index contributed by atoms with van der Waals surface area (Å²) >= 11 is 0. The van der Waals surface area contributed by atoms with Crippen molar-refractivity contribution in [1.29, 1.82) is 0 Å². The Labute approximate surface area is 90.5 Å². The fraction of sp³-hybridized carbons (Fsp3) is 0.538. The zero-order chi connectivity index (χ0) is 10.9. The molecule has 2 heteroatoms. The van der Waals surface area contributed by atoms with E-state index in [2.05, 4.69) is 6.92 Å². The Kier molecular flexibility index (Phi) is 2.79. The third-order valence-electron chi connectivity index (χ3n) is 3.39. The molecule has 0 aromatic heterocycles. The van der Waals surface area contributed by atoms with Gasteiger partial charge in [-0.25, -0.2) is 4.39 Å². The maximum Gasteiger partial charge on any atom is 0.126 e. The van der Waals surface area contributed by atoms with Crippen molar-refractivity contribution in [3.8, 4) is 0 Å². The number of benzene rings is 1. The van der Waals surface area contributed by atoms with Crippen LogP contribution < -0.4 is 5.73 Å². The van der Waals surface area contributed by atoms with Crippen molar-refractivity contribution in [3.05, 3.63) is 35.6 Å². The van der Waals surface area contributed by atoms with Gasteiger partial charge in [-0.15, -0.1) is 0 Å². The monoisotopic (exact) mass is 207 g/mol. The van der Waals surface area contributed by atoms with E-state index in [0.29, 0.717) is 12.3 Å². The Morgan fingerprint density at radius 3 is 2.87 bits per heavy atom. The molecule has 82 valence electrons. The molecule has 2 rings (SSSR count). The maximum absolute atomic E-state index is 13.4. The molecular formula is C13H18FN. The van der Waals surface area contributed by atoms with E-state index in [9.17, 15) is 4.39 Å². The Balaban J connectivity index is 2.02. The van der Waals surface area contributed by atoms with Crippen molar-refractivity contribution in [1.82, 2.24) is 0 Å². The Morgan fingerprint density at radius 2 is 2.20 bits per heavy atom. The van der Waals surface area contributed by atoms with Crippen LogP contribution in [0.15, 0.2) is 24.3 Å². The lowest BCUT2D eigenvalue weighted by Crippen LogP contribution is -2.28. The van der Waals surface area contributed by atoms with Crippen molar-refractivity contribution in [2.45, 2.75) is 38.1 Å². The van der Waals surface area contributed by atoms with E-state index in [1.165, 1.54) is 18.9 Å². The number of hydrogen-bond acceptors (Lipinski definition) is 1. The van der Waals surface area contributed by atoms with Crippen LogP contribution in [0.3, 0.4) is 0 Å². The summed E-state index contributed by atoms with van der Waals surface area (Å²) in [5, 5.41) is 0. The van der Waals surface area contributed by atoms with Crippen LogP contribution in [0.5, 0.6) is 0 Å². The lowest BCUT2D eigenvalue weighted by atomic mass is 10.0. The molecule has 1 aromatic rings. The molecule has 1 aliphatic rings. The smallest absolute Gasteiger partial charge is 0.126 e. The van der Waals surface area contributed by atoms with Gasteiger partial charge in [0.1, 0.15) is 5.82 Å². The van der Waals surface area contributed by atoms with Crippen LogP contribution in [0, 0.1) is 11.7 Å². The van der Waals surface area contributed by atoms with Gasteiger partial charge in [-0.3, -0.25) is 0 Å². The van der Waals surface area contributed by atoms with Crippen LogP contribution in [0.1, 0.15) is 31.7 Å². The zero-order valence-electron chi connectivity index (χ0n) is 9.17. The predicted octanol–water partition coefficient (Wildman–Crippen LogP) is 2.89.